The lowest BCUT2D eigenvalue weighted by molar-refractivity contribution is 0.0602. The molecule has 136 valence electrons. The molecule has 0 amide bonds. The number of ether oxygens (including phenoxy) is 2. The van der Waals surface area contributed by atoms with Gasteiger partial charge in [-0.1, -0.05) is 19.9 Å². The molecule has 25 heavy (non-hydrogen) atoms. The number of nitrogens with one attached hydrogen (secondary N) is 1. The van der Waals surface area contributed by atoms with Crippen LogP contribution in [0.5, 0.6) is 5.75 Å². The topological polar surface area (TPSA) is 81.7 Å². The fraction of sp³-hybridized carbons (Fsp3) is 0.353. The Hall–Kier alpha value is -2.06. The van der Waals surface area contributed by atoms with Gasteiger partial charge in [0, 0.05) is 0 Å². The Bertz CT molecular complexity index is 856. The Morgan fingerprint density at radius 3 is 2.56 bits per heavy atom. The van der Waals surface area contributed by atoms with Gasteiger partial charge in [-0.25, -0.2) is 13.2 Å². The van der Waals surface area contributed by atoms with Crippen LogP contribution in [0.1, 0.15) is 29.1 Å². The first-order chi connectivity index (χ1) is 11.8. The zero-order chi connectivity index (χ0) is 18.6. The predicted octanol–water partition coefficient (Wildman–Crippen LogP) is 3.54. The average Bonchev–Trinajstić information content (AvgIpc) is 3.05. The van der Waals surface area contributed by atoms with E-state index in [9.17, 15) is 13.2 Å². The minimum absolute atomic E-state index is 0.0328. The van der Waals surface area contributed by atoms with Gasteiger partial charge in [0.25, 0.3) is 10.0 Å². The molecule has 0 spiro atoms. The number of methoxy groups -OCH3 is 2. The van der Waals surface area contributed by atoms with Crippen LogP contribution in [0.4, 0.5) is 5.69 Å². The van der Waals surface area contributed by atoms with E-state index in [4.69, 9.17) is 4.74 Å². The van der Waals surface area contributed by atoms with E-state index in [2.05, 4.69) is 23.3 Å². The van der Waals surface area contributed by atoms with Gasteiger partial charge in [0.2, 0.25) is 0 Å². The Morgan fingerprint density at radius 2 is 1.96 bits per heavy atom. The molecule has 1 aromatic carbocycles. The van der Waals surface area contributed by atoms with Crippen molar-refractivity contribution >= 4 is 33.0 Å². The fourth-order valence-corrected chi connectivity index (χ4v) is 4.77. The zero-order valence-corrected chi connectivity index (χ0v) is 16.2. The van der Waals surface area contributed by atoms with Crippen molar-refractivity contribution in [1.29, 1.82) is 0 Å². The highest BCUT2D eigenvalue weighted by Crippen LogP contribution is 2.31. The summed E-state index contributed by atoms with van der Waals surface area (Å²) in [6.45, 7) is 4.21. The van der Waals surface area contributed by atoms with Crippen LogP contribution in [0.3, 0.4) is 0 Å². The average molecular weight is 383 g/mol. The number of carbonyl (C=O) groups is 1. The van der Waals surface area contributed by atoms with Crippen LogP contribution in [0.2, 0.25) is 0 Å². The zero-order valence-electron chi connectivity index (χ0n) is 14.5. The van der Waals surface area contributed by atoms with E-state index in [0.717, 1.165) is 23.3 Å². The molecule has 6 nitrogen and oxygen atoms in total. The van der Waals surface area contributed by atoms with E-state index >= 15 is 0 Å². The molecule has 1 N–H and O–H groups in total. The molecular formula is C17H21NO5S2. The van der Waals surface area contributed by atoms with Gasteiger partial charge in [-0.15, -0.1) is 11.3 Å². The quantitative estimate of drug-likeness (QED) is 0.740. The van der Waals surface area contributed by atoms with Crippen molar-refractivity contribution in [2.24, 2.45) is 5.92 Å². The Morgan fingerprint density at radius 1 is 1.24 bits per heavy atom. The van der Waals surface area contributed by atoms with Crippen molar-refractivity contribution in [3.8, 4) is 5.75 Å². The number of carbonyl (C=O) groups excluding carboxylic acids is 1. The van der Waals surface area contributed by atoms with Crippen LogP contribution in [0.15, 0.2) is 34.5 Å². The summed E-state index contributed by atoms with van der Waals surface area (Å²) in [5.74, 6) is 0.215. The molecule has 8 heteroatoms. The first-order valence-corrected chi connectivity index (χ1v) is 10.00. The van der Waals surface area contributed by atoms with E-state index in [1.165, 1.54) is 25.7 Å². The summed E-state index contributed by atoms with van der Waals surface area (Å²) in [4.78, 5) is 11.7. The van der Waals surface area contributed by atoms with Gasteiger partial charge in [0.15, 0.2) is 0 Å². The van der Waals surface area contributed by atoms with E-state index in [1.807, 2.05) is 12.1 Å². The fourth-order valence-electron chi connectivity index (χ4n) is 2.37. The number of esters is 1. The van der Waals surface area contributed by atoms with Crippen LogP contribution in [0, 0.1) is 5.92 Å². The van der Waals surface area contributed by atoms with Gasteiger partial charge < -0.3 is 9.47 Å². The SMILES string of the molecule is COC(=O)c1sccc1S(=O)(=O)Nc1ccc(CC(C)C)cc1OC. The molecule has 0 unspecified atom stereocenters. The Kier molecular flexibility index (Phi) is 6.07. The molecule has 2 rings (SSSR count). The summed E-state index contributed by atoms with van der Waals surface area (Å²) >= 11 is 1.01. The Balaban J connectivity index is 2.35. The highest BCUT2D eigenvalue weighted by Gasteiger charge is 2.25. The summed E-state index contributed by atoms with van der Waals surface area (Å²) in [6.07, 6.45) is 0.862. The predicted molar refractivity (Wildman–Crippen MR) is 98.0 cm³/mol. The third kappa shape index (κ3) is 4.52. The van der Waals surface area contributed by atoms with Gasteiger partial charge >= 0.3 is 5.97 Å². The number of benzene rings is 1. The molecule has 0 bridgehead atoms. The largest absolute Gasteiger partial charge is 0.495 e. The molecule has 0 saturated heterocycles. The van der Waals surface area contributed by atoms with E-state index in [-0.39, 0.29) is 9.77 Å². The van der Waals surface area contributed by atoms with Crippen LogP contribution in [0.25, 0.3) is 0 Å². The lowest BCUT2D eigenvalue weighted by atomic mass is 10.0. The monoisotopic (exact) mass is 383 g/mol. The van der Waals surface area contributed by atoms with Crippen LogP contribution >= 0.6 is 11.3 Å². The Labute approximate surface area is 151 Å². The van der Waals surface area contributed by atoms with Gasteiger partial charge in [-0.2, -0.15) is 0 Å². The molecule has 1 aromatic heterocycles. The lowest BCUT2D eigenvalue weighted by Gasteiger charge is -2.14. The highest BCUT2D eigenvalue weighted by molar-refractivity contribution is 7.93. The summed E-state index contributed by atoms with van der Waals surface area (Å²) in [7, 11) is -1.25. The number of rotatable bonds is 7. The second kappa shape index (κ2) is 7.88. The molecule has 0 fully saturated rings. The summed E-state index contributed by atoms with van der Waals surface area (Å²) in [6, 6.07) is 6.71. The van der Waals surface area contributed by atoms with Gasteiger partial charge in [0.1, 0.15) is 15.5 Å². The second-order valence-corrected chi connectivity index (χ2v) is 8.41. The number of sulfonamides is 1. The minimum Gasteiger partial charge on any atom is -0.495 e. The highest BCUT2D eigenvalue weighted by atomic mass is 32.2. The van der Waals surface area contributed by atoms with E-state index in [1.54, 1.807) is 6.07 Å². The first-order valence-electron chi connectivity index (χ1n) is 7.64. The third-order valence-corrected chi connectivity index (χ3v) is 5.88. The molecule has 0 aliphatic carbocycles. The maximum absolute atomic E-state index is 12.7. The molecule has 0 atom stereocenters. The van der Waals surface area contributed by atoms with E-state index in [0.29, 0.717) is 17.4 Å². The normalized spacial score (nSPS) is 11.4. The van der Waals surface area contributed by atoms with Crippen molar-refractivity contribution in [1.82, 2.24) is 0 Å². The van der Waals surface area contributed by atoms with Gasteiger partial charge in [-0.3, -0.25) is 4.72 Å². The molecular weight excluding hydrogens is 362 g/mol. The second-order valence-electron chi connectivity index (χ2n) is 5.84. The summed E-state index contributed by atoms with van der Waals surface area (Å²) in [5, 5.41) is 1.53. The maximum Gasteiger partial charge on any atom is 0.349 e. The lowest BCUT2D eigenvalue weighted by Crippen LogP contribution is -2.16. The van der Waals surface area contributed by atoms with Crippen molar-refractivity contribution < 1.29 is 22.7 Å². The minimum atomic E-state index is -3.94. The van der Waals surface area contributed by atoms with Crippen molar-refractivity contribution in [3.63, 3.8) is 0 Å². The molecule has 1 heterocycles. The first kappa shape index (κ1) is 19.3. The molecule has 0 radical (unpaired) electrons. The van der Waals surface area contributed by atoms with Gasteiger partial charge in [-0.05, 0) is 41.5 Å². The number of thiophene rings is 1. The molecule has 0 aliphatic rings. The maximum atomic E-state index is 12.7. The summed E-state index contributed by atoms with van der Waals surface area (Å²) < 4.78 is 37.8. The van der Waals surface area contributed by atoms with Crippen LogP contribution in [-0.4, -0.2) is 28.6 Å². The van der Waals surface area contributed by atoms with Gasteiger partial charge in [0.05, 0.1) is 19.9 Å². The van der Waals surface area contributed by atoms with Crippen LogP contribution in [-0.2, 0) is 21.2 Å². The number of hydrogen-bond acceptors (Lipinski definition) is 6. The summed E-state index contributed by atoms with van der Waals surface area (Å²) in [5.41, 5.74) is 1.37. The standard InChI is InChI=1S/C17H21NO5S2/c1-11(2)9-12-5-6-13(14(10-12)22-3)18-25(20,21)15-7-8-24-16(15)17(19)23-4/h5-8,10-11,18H,9H2,1-4H3. The van der Waals surface area contributed by atoms with E-state index < -0.39 is 16.0 Å². The number of hydrogen-bond donors (Lipinski definition) is 1. The number of anilines is 1. The van der Waals surface area contributed by atoms with Crippen molar-refractivity contribution in [2.45, 2.75) is 25.2 Å². The molecule has 0 saturated carbocycles. The van der Waals surface area contributed by atoms with Crippen molar-refractivity contribution in [3.05, 3.63) is 40.1 Å². The van der Waals surface area contributed by atoms with Crippen LogP contribution < -0.4 is 9.46 Å². The smallest absolute Gasteiger partial charge is 0.349 e. The van der Waals surface area contributed by atoms with Crippen molar-refractivity contribution in [2.75, 3.05) is 18.9 Å². The molecule has 0 aliphatic heterocycles. The third-order valence-electron chi connectivity index (χ3n) is 3.44. The molecule has 2 aromatic rings.